The molecule has 1 heterocycles. The average molecular weight is 299 g/mol. The highest BCUT2D eigenvalue weighted by Gasteiger charge is 2.24. The fourth-order valence-corrected chi connectivity index (χ4v) is 2.80. The normalized spacial score (nSPS) is 17.4. The molecular weight excluding hydrogens is 274 g/mol. The molecule has 1 atom stereocenters. The summed E-state index contributed by atoms with van der Waals surface area (Å²) >= 11 is 0. The van der Waals surface area contributed by atoms with Crippen LogP contribution in [0.5, 0.6) is 5.75 Å². The second-order valence-electron chi connectivity index (χ2n) is 6.01. The van der Waals surface area contributed by atoms with Crippen LogP contribution < -0.4 is 4.74 Å². The molecule has 1 aromatic carbocycles. The quantitative estimate of drug-likeness (QED) is 0.778. The molecule has 0 aliphatic carbocycles. The molecule has 22 heavy (non-hydrogen) atoms. The van der Waals surface area contributed by atoms with Crippen LogP contribution in [0.4, 0.5) is 0 Å². The Balaban J connectivity index is 2.13. The van der Waals surface area contributed by atoms with Gasteiger partial charge in [-0.05, 0) is 50.5 Å². The molecule has 2 rings (SSSR count). The van der Waals surface area contributed by atoms with Gasteiger partial charge >= 0.3 is 0 Å². The van der Waals surface area contributed by atoms with Crippen molar-refractivity contribution in [2.75, 3.05) is 13.2 Å². The molecule has 0 aromatic heterocycles. The maximum atomic E-state index is 9.65. The monoisotopic (exact) mass is 299 g/mol. The predicted octanol–water partition coefficient (Wildman–Crippen LogP) is 4.63. The molecule has 3 heteroatoms. The van der Waals surface area contributed by atoms with Gasteiger partial charge in [0.25, 0.3) is 0 Å². The molecule has 0 amide bonds. The van der Waals surface area contributed by atoms with E-state index in [-0.39, 0.29) is 5.76 Å². The Morgan fingerprint density at radius 2 is 1.91 bits per heavy atom. The van der Waals surface area contributed by atoms with E-state index in [1.54, 1.807) is 0 Å². The van der Waals surface area contributed by atoms with Gasteiger partial charge in [0.1, 0.15) is 18.1 Å². The molecule has 1 fully saturated rings. The molecule has 0 radical (unpaired) electrons. The average Bonchev–Trinajstić information content (AvgIpc) is 2.93. The third-order valence-corrected chi connectivity index (χ3v) is 4.04. The van der Waals surface area contributed by atoms with Crippen molar-refractivity contribution < 1.29 is 9.84 Å². The molecule has 1 N–H and O–H groups in total. The van der Waals surface area contributed by atoms with E-state index in [0.29, 0.717) is 18.2 Å². The Kier molecular flexibility index (Phi) is 4.96. The number of hydrogen-bond acceptors (Lipinski definition) is 3. The smallest absolute Gasteiger partial charge is 0.120 e. The first-order chi connectivity index (χ1) is 10.4. The minimum Gasteiger partial charge on any atom is -0.508 e. The molecule has 3 nitrogen and oxygen atoms in total. The van der Waals surface area contributed by atoms with Crippen molar-refractivity contribution in [1.82, 2.24) is 4.90 Å². The maximum absolute atomic E-state index is 9.65. The number of aliphatic hydroxyl groups is 1. The summed E-state index contributed by atoms with van der Waals surface area (Å²) in [7, 11) is 0. The third-order valence-electron chi connectivity index (χ3n) is 4.04. The fraction of sp³-hybridized carbons (Fsp3) is 0.368. The number of rotatable bonds is 6. The highest BCUT2D eigenvalue weighted by atomic mass is 16.5. The molecule has 1 aliphatic rings. The van der Waals surface area contributed by atoms with Gasteiger partial charge in [-0.25, -0.2) is 0 Å². The lowest BCUT2D eigenvalue weighted by molar-refractivity contribution is 0.203. The summed E-state index contributed by atoms with van der Waals surface area (Å²) in [6, 6.07) is 6.00. The topological polar surface area (TPSA) is 32.7 Å². The zero-order valence-electron chi connectivity index (χ0n) is 13.6. The van der Waals surface area contributed by atoms with Crippen molar-refractivity contribution in [2.45, 2.75) is 32.7 Å². The summed E-state index contributed by atoms with van der Waals surface area (Å²) in [5.41, 5.74) is 3.63. The fourth-order valence-electron chi connectivity index (χ4n) is 2.80. The van der Waals surface area contributed by atoms with E-state index in [1.807, 2.05) is 32.0 Å². The number of nitrogens with zero attached hydrogens (tertiary/aromatic N) is 1. The van der Waals surface area contributed by atoms with Crippen LogP contribution in [-0.4, -0.2) is 29.2 Å². The predicted molar refractivity (Wildman–Crippen MR) is 92.8 cm³/mol. The standard InChI is InChI=1S/C19H25NO2/c1-13(2)16-9-17(15(5)21)11-19(10-16)22-12-18-7-6-8-20(18)14(3)4/h9-11,18,21H,1,3,5-8,12H2,2,4H3. The Morgan fingerprint density at radius 1 is 1.23 bits per heavy atom. The first-order valence-corrected chi connectivity index (χ1v) is 7.62. The van der Waals surface area contributed by atoms with E-state index >= 15 is 0 Å². The van der Waals surface area contributed by atoms with Gasteiger partial charge in [-0.15, -0.1) is 0 Å². The first-order valence-electron chi connectivity index (χ1n) is 7.62. The van der Waals surface area contributed by atoms with Gasteiger partial charge < -0.3 is 14.7 Å². The Labute approximate surface area is 133 Å². The molecule has 0 bridgehead atoms. The van der Waals surface area contributed by atoms with Crippen LogP contribution >= 0.6 is 0 Å². The van der Waals surface area contributed by atoms with Crippen LogP contribution in [0.15, 0.2) is 43.6 Å². The van der Waals surface area contributed by atoms with Crippen molar-refractivity contribution in [3.63, 3.8) is 0 Å². The van der Waals surface area contributed by atoms with Crippen molar-refractivity contribution >= 4 is 11.3 Å². The van der Waals surface area contributed by atoms with Gasteiger partial charge in [0.2, 0.25) is 0 Å². The van der Waals surface area contributed by atoms with E-state index in [0.717, 1.165) is 35.5 Å². The Morgan fingerprint density at radius 3 is 2.50 bits per heavy atom. The second-order valence-corrected chi connectivity index (χ2v) is 6.01. The summed E-state index contributed by atoms with van der Waals surface area (Å²) < 4.78 is 5.98. The zero-order valence-corrected chi connectivity index (χ0v) is 13.6. The number of aliphatic hydroxyl groups excluding tert-OH is 1. The highest BCUT2D eigenvalue weighted by Crippen LogP contribution is 2.27. The van der Waals surface area contributed by atoms with E-state index < -0.39 is 0 Å². The molecule has 0 spiro atoms. The molecule has 0 saturated carbocycles. The molecular formula is C19H25NO2. The van der Waals surface area contributed by atoms with Crippen LogP contribution in [0.25, 0.3) is 11.3 Å². The molecule has 118 valence electrons. The largest absolute Gasteiger partial charge is 0.508 e. The van der Waals surface area contributed by atoms with E-state index in [2.05, 4.69) is 24.6 Å². The van der Waals surface area contributed by atoms with E-state index in [4.69, 9.17) is 4.74 Å². The third kappa shape index (κ3) is 3.73. The van der Waals surface area contributed by atoms with E-state index in [9.17, 15) is 5.11 Å². The van der Waals surface area contributed by atoms with Gasteiger partial charge in [-0.2, -0.15) is 0 Å². The Hall–Kier alpha value is -2.16. The van der Waals surface area contributed by atoms with Crippen LogP contribution in [0.2, 0.25) is 0 Å². The minimum atomic E-state index is 0.0392. The van der Waals surface area contributed by atoms with Crippen molar-refractivity contribution in [2.24, 2.45) is 0 Å². The van der Waals surface area contributed by atoms with Crippen LogP contribution in [0.1, 0.15) is 37.8 Å². The minimum absolute atomic E-state index is 0.0392. The maximum Gasteiger partial charge on any atom is 0.120 e. The van der Waals surface area contributed by atoms with Gasteiger partial charge in [-0.1, -0.05) is 25.3 Å². The van der Waals surface area contributed by atoms with Crippen molar-refractivity contribution in [1.29, 1.82) is 0 Å². The number of ether oxygens (including phenoxy) is 1. The molecule has 1 aliphatic heterocycles. The van der Waals surface area contributed by atoms with Crippen LogP contribution in [0.3, 0.4) is 0 Å². The van der Waals surface area contributed by atoms with E-state index in [1.165, 1.54) is 6.42 Å². The number of hydrogen-bond donors (Lipinski definition) is 1. The van der Waals surface area contributed by atoms with Crippen LogP contribution in [0, 0.1) is 0 Å². The summed E-state index contributed by atoms with van der Waals surface area (Å²) in [6.07, 6.45) is 2.29. The van der Waals surface area contributed by atoms with Gasteiger partial charge in [-0.3, -0.25) is 0 Å². The Bertz CT molecular complexity index is 571. The van der Waals surface area contributed by atoms with Crippen LogP contribution in [-0.2, 0) is 0 Å². The first kappa shape index (κ1) is 16.2. The molecule has 1 aromatic rings. The molecule has 1 saturated heterocycles. The number of allylic oxidation sites excluding steroid dienone is 2. The number of likely N-dealkylation sites (tertiary alicyclic amines) is 1. The lowest BCUT2D eigenvalue weighted by Crippen LogP contribution is -2.32. The summed E-state index contributed by atoms with van der Waals surface area (Å²) in [4.78, 5) is 2.30. The van der Waals surface area contributed by atoms with Gasteiger partial charge in [0.15, 0.2) is 0 Å². The summed E-state index contributed by atoms with van der Waals surface area (Å²) in [5.74, 6) is 0.775. The van der Waals surface area contributed by atoms with Gasteiger partial charge in [0.05, 0.1) is 6.04 Å². The zero-order chi connectivity index (χ0) is 16.3. The lowest BCUT2D eigenvalue weighted by atomic mass is 10.0. The second kappa shape index (κ2) is 6.73. The molecule has 1 unspecified atom stereocenters. The summed E-state index contributed by atoms with van der Waals surface area (Å²) in [6.45, 7) is 17.2. The number of benzene rings is 1. The highest BCUT2D eigenvalue weighted by molar-refractivity contribution is 5.68. The summed E-state index contributed by atoms with van der Waals surface area (Å²) in [5, 5.41) is 9.65. The van der Waals surface area contributed by atoms with Gasteiger partial charge in [0, 0.05) is 17.8 Å². The lowest BCUT2D eigenvalue weighted by Gasteiger charge is -2.26. The van der Waals surface area contributed by atoms with Crippen molar-refractivity contribution in [3.05, 3.63) is 54.8 Å². The van der Waals surface area contributed by atoms with Crippen molar-refractivity contribution in [3.8, 4) is 5.75 Å². The SMILES string of the molecule is C=C(C)c1cc(OCC2CCCN2C(=C)C)cc(C(=C)O)c1.